The lowest BCUT2D eigenvalue weighted by Crippen LogP contribution is -2.33. The summed E-state index contributed by atoms with van der Waals surface area (Å²) >= 11 is 1.17. The van der Waals surface area contributed by atoms with E-state index >= 15 is 0 Å². The van der Waals surface area contributed by atoms with Crippen molar-refractivity contribution >= 4 is 33.2 Å². The second-order valence-electron chi connectivity index (χ2n) is 4.33. The number of methoxy groups -OCH3 is 1. The van der Waals surface area contributed by atoms with Crippen molar-refractivity contribution in [3.05, 3.63) is 15.8 Å². The second-order valence-corrected chi connectivity index (χ2v) is 6.88. The van der Waals surface area contributed by atoms with Gasteiger partial charge in [0, 0.05) is 13.1 Å². The number of anilines is 1. The number of thiophene rings is 1. The Morgan fingerprint density at radius 3 is 2.63 bits per heavy atom. The smallest absolute Gasteiger partial charge is 0.350 e. The molecule has 0 bridgehead atoms. The summed E-state index contributed by atoms with van der Waals surface area (Å²) in [5.74, 6) is -0.530. The SMILES string of the molecule is COC(=O)c1scc(C)c1NS(=O)(=O)N1CCCC1. The highest BCUT2D eigenvalue weighted by atomic mass is 32.2. The number of ether oxygens (including phenoxy) is 1. The van der Waals surface area contributed by atoms with E-state index in [2.05, 4.69) is 9.46 Å². The van der Waals surface area contributed by atoms with Gasteiger partial charge in [0.15, 0.2) is 0 Å². The molecule has 0 saturated carbocycles. The maximum Gasteiger partial charge on any atom is 0.350 e. The first-order valence-corrected chi connectivity index (χ1v) is 8.22. The average molecular weight is 304 g/mol. The molecular weight excluding hydrogens is 288 g/mol. The fourth-order valence-corrected chi connectivity index (χ4v) is 4.31. The summed E-state index contributed by atoms with van der Waals surface area (Å²) in [6.45, 7) is 2.79. The van der Waals surface area contributed by atoms with Crippen LogP contribution in [0, 0.1) is 6.92 Å². The zero-order valence-corrected chi connectivity index (χ0v) is 12.4. The van der Waals surface area contributed by atoms with Crippen LogP contribution in [0.25, 0.3) is 0 Å². The lowest BCUT2D eigenvalue weighted by atomic mass is 10.3. The van der Waals surface area contributed by atoms with Gasteiger partial charge in [0.05, 0.1) is 12.8 Å². The van der Waals surface area contributed by atoms with E-state index in [1.807, 2.05) is 0 Å². The molecular formula is C11H16N2O4S2. The molecule has 0 spiro atoms. The third kappa shape index (κ3) is 2.90. The summed E-state index contributed by atoms with van der Waals surface area (Å²) in [5, 5.41) is 1.73. The number of nitrogens with one attached hydrogen (secondary N) is 1. The minimum atomic E-state index is -3.59. The van der Waals surface area contributed by atoms with Gasteiger partial charge in [0.2, 0.25) is 0 Å². The van der Waals surface area contributed by atoms with Crippen LogP contribution in [0.2, 0.25) is 0 Å². The van der Waals surface area contributed by atoms with Crippen molar-refractivity contribution in [2.45, 2.75) is 19.8 Å². The summed E-state index contributed by atoms with van der Waals surface area (Å²) in [5.41, 5.74) is 1.04. The standard InChI is InChI=1S/C11H16N2O4S2/c1-8-7-18-10(11(14)17-2)9(8)12-19(15,16)13-5-3-4-6-13/h7,12H,3-6H2,1-2H3. The lowest BCUT2D eigenvalue weighted by molar-refractivity contribution is 0.0607. The fourth-order valence-electron chi connectivity index (χ4n) is 1.94. The Balaban J connectivity index is 2.28. The van der Waals surface area contributed by atoms with Crippen LogP contribution in [0.4, 0.5) is 5.69 Å². The number of carbonyl (C=O) groups excluding carboxylic acids is 1. The normalized spacial score (nSPS) is 16.5. The van der Waals surface area contributed by atoms with Gasteiger partial charge in [-0.3, -0.25) is 4.72 Å². The lowest BCUT2D eigenvalue weighted by Gasteiger charge is -2.17. The van der Waals surface area contributed by atoms with Gasteiger partial charge in [-0.05, 0) is 30.7 Å². The van der Waals surface area contributed by atoms with Crippen LogP contribution < -0.4 is 4.72 Å². The van der Waals surface area contributed by atoms with Crippen LogP contribution >= 0.6 is 11.3 Å². The Morgan fingerprint density at radius 2 is 2.05 bits per heavy atom. The molecule has 2 rings (SSSR count). The summed E-state index contributed by atoms with van der Waals surface area (Å²) in [6, 6.07) is 0. The molecule has 2 heterocycles. The molecule has 1 aromatic heterocycles. The van der Waals surface area contributed by atoms with Crippen molar-refractivity contribution in [1.29, 1.82) is 0 Å². The Hall–Kier alpha value is -1.12. The van der Waals surface area contributed by atoms with Gasteiger partial charge < -0.3 is 4.74 Å². The summed E-state index contributed by atoms with van der Waals surface area (Å²) in [4.78, 5) is 11.9. The number of nitrogens with zero attached hydrogens (tertiary/aromatic N) is 1. The van der Waals surface area contributed by atoms with E-state index in [9.17, 15) is 13.2 Å². The average Bonchev–Trinajstić information content (AvgIpc) is 3.00. The number of rotatable bonds is 4. The molecule has 0 radical (unpaired) electrons. The predicted octanol–water partition coefficient (Wildman–Crippen LogP) is 1.60. The summed E-state index contributed by atoms with van der Waals surface area (Å²) in [6.07, 6.45) is 1.74. The molecule has 0 atom stereocenters. The van der Waals surface area contributed by atoms with Crippen molar-refractivity contribution in [3.8, 4) is 0 Å². The molecule has 1 aromatic rings. The highest BCUT2D eigenvalue weighted by molar-refractivity contribution is 7.90. The maximum atomic E-state index is 12.2. The van der Waals surface area contributed by atoms with E-state index in [0.717, 1.165) is 12.8 Å². The van der Waals surface area contributed by atoms with Crippen molar-refractivity contribution in [3.63, 3.8) is 0 Å². The van der Waals surface area contributed by atoms with Crippen LogP contribution in [-0.4, -0.2) is 38.9 Å². The van der Waals surface area contributed by atoms with Gasteiger partial charge in [-0.25, -0.2) is 4.79 Å². The molecule has 8 heteroatoms. The Kier molecular flexibility index (Phi) is 4.12. The largest absolute Gasteiger partial charge is 0.465 e. The molecule has 0 amide bonds. The number of carbonyl (C=O) groups is 1. The highest BCUT2D eigenvalue weighted by Crippen LogP contribution is 2.30. The maximum absolute atomic E-state index is 12.2. The minimum Gasteiger partial charge on any atom is -0.465 e. The van der Waals surface area contributed by atoms with E-state index in [4.69, 9.17) is 0 Å². The van der Waals surface area contributed by atoms with Gasteiger partial charge >= 0.3 is 16.2 Å². The molecule has 6 nitrogen and oxygen atoms in total. The van der Waals surface area contributed by atoms with E-state index in [0.29, 0.717) is 24.3 Å². The zero-order chi connectivity index (χ0) is 14.0. The molecule has 1 saturated heterocycles. The molecule has 0 aromatic carbocycles. The molecule has 0 aliphatic carbocycles. The van der Waals surface area contributed by atoms with E-state index in [-0.39, 0.29) is 4.88 Å². The van der Waals surface area contributed by atoms with Crippen LogP contribution in [0.1, 0.15) is 28.1 Å². The number of hydrogen-bond acceptors (Lipinski definition) is 5. The molecule has 1 aliphatic rings. The molecule has 106 valence electrons. The van der Waals surface area contributed by atoms with Gasteiger partial charge in [-0.15, -0.1) is 11.3 Å². The van der Waals surface area contributed by atoms with Gasteiger partial charge in [-0.2, -0.15) is 12.7 Å². The second kappa shape index (κ2) is 5.48. The molecule has 0 unspecified atom stereocenters. The minimum absolute atomic E-state index is 0.280. The first-order valence-electron chi connectivity index (χ1n) is 5.90. The fraction of sp³-hybridized carbons (Fsp3) is 0.545. The van der Waals surface area contributed by atoms with Crippen molar-refractivity contribution in [2.75, 3.05) is 24.9 Å². The topological polar surface area (TPSA) is 75.7 Å². The predicted molar refractivity (Wildman–Crippen MR) is 73.7 cm³/mol. The number of aryl methyl sites for hydroxylation is 1. The monoisotopic (exact) mass is 304 g/mol. The first-order chi connectivity index (χ1) is 8.95. The van der Waals surface area contributed by atoms with E-state index < -0.39 is 16.2 Å². The van der Waals surface area contributed by atoms with Gasteiger partial charge in [0.1, 0.15) is 4.88 Å². The third-order valence-electron chi connectivity index (χ3n) is 2.98. The van der Waals surface area contributed by atoms with Crippen molar-refractivity contribution in [1.82, 2.24) is 4.31 Å². The van der Waals surface area contributed by atoms with Gasteiger partial charge in [-0.1, -0.05) is 0 Å². The Morgan fingerprint density at radius 1 is 1.42 bits per heavy atom. The van der Waals surface area contributed by atoms with E-state index in [1.54, 1.807) is 12.3 Å². The van der Waals surface area contributed by atoms with E-state index in [1.165, 1.54) is 22.8 Å². The van der Waals surface area contributed by atoms with Gasteiger partial charge in [0.25, 0.3) is 0 Å². The molecule has 1 fully saturated rings. The Labute approximate surface area is 116 Å². The third-order valence-corrected chi connectivity index (χ3v) is 5.57. The molecule has 1 N–H and O–H groups in total. The van der Waals surface area contributed by atoms with Crippen molar-refractivity contribution < 1.29 is 17.9 Å². The first kappa shape index (κ1) is 14.3. The van der Waals surface area contributed by atoms with Crippen LogP contribution in [-0.2, 0) is 14.9 Å². The number of hydrogen-bond donors (Lipinski definition) is 1. The summed E-state index contributed by atoms with van der Waals surface area (Å²) in [7, 11) is -2.31. The van der Waals surface area contributed by atoms with Crippen LogP contribution in [0.15, 0.2) is 5.38 Å². The van der Waals surface area contributed by atoms with Crippen LogP contribution in [0.5, 0.6) is 0 Å². The van der Waals surface area contributed by atoms with Crippen LogP contribution in [0.3, 0.4) is 0 Å². The van der Waals surface area contributed by atoms with Crippen molar-refractivity contribution in [2.24, 2.45) is 0 Å². The molecule has 1 aliphatic heterocycles. The Bertz CT molecular complexity index is 574. The highest BCUT2D eigenvalue weighted by Gasteiger charge is 2.28. The number of esters is 1. The zero-order valence-electron chi connectivity index (χ0n) is 10.8. The quantitative estimate of drug-likeness (QED) is 0.857. The molecule has 19 heavy (non-hydrogen) atoms. The summed E-state index contributed by atoms with van der Waals surface area (Å²) < 4.78 is 32.9.